The van der Waals surface area contributed by atoms with Crippen LogP contribution in [-0.4, -0.2) is 21.0 Å². The average Bonchev–Trinajstić information content (AvgIpc) is 3.15. The number of hydrogen-bond donors (Lipinski definition) is 1. The lowest BCUT2D eigenvalue weighted by atomic mass is 9.72. The minimum Gasteiger partial charge on any atom is -0.392 e. The molecule has 1 atom stereocenters. The molecule has 21 heavy (non-hydrogen) atoms. The van der Waals surface area contributed by atoms with E-state index >= 15 is 0 Å². The van der Waals surface area contributed by atoms with Gasteiger partial charge in [-0.05, 0) is 36.8 Å². The van der Waals surface area contributed by atoms with Crippen molar-refractivity contribution in [3.63, 3.8) is 0 Å². The second-order valence-corrected chi connectivity index (χ2v) is 6.31. The molecule has 3 rings (SSSR count). The van der Waals surface area contributed by atoms with Crippen LogP contribution in [0.3, 0.4) is 0 Å². The molecule has 1 aliphatic rings. The van der Waals surface area contributed by atoms with Crippen LogP contribution in [0.4, 0.5) is 0 Å². The van der Waals surface area contributed by atoms with Crippen LogP contribution in [0.5, 0.6) is 0 Å². The van der Waals surface area contributed by atoms with Gasteiger partial charge in [-0.25, -0.2) is 0 Å². The molecule has 0 bridgehead atoms. The molecule has 0 radical (unpaired) electrons. The Morgan fingerprint density at radius 3 is 2.57 bits per heavy atom. The average molecular weight is 284 g/mol. The van der Waals surface area contributed by atoms with Crippen molar-refractivity contribution >= 4 is 0 Å². The van der Waals surface area contributed by atoms with Gasteiger partial charge in [-0.3, -0.25) is 4.68 Å². The van der Waals surface area contributed by atoms with Crippen molar-refractivity contribution in [2.75, 3.05) is 0 Å². The van der Waals surface area contributed by atoms with Crippen LogP contribution in [0.1, 0.15) is 43.2 Å². The topological polar surface area (TPSA) is 38.0 Å². The van der Waals surface area contributed by atoms with Crippen LogP contribution in [0.15, 0.2) is 42.7 Å². The van der Waals surface area contributed by atoms with Gasteiger partial charge in [0.1, 0.15) is 0 Å². The van der Waals surface area contributed by atoms with E-state index in [2.05, 4.69) is 29.4 Å². The fourth-order valence-electron chi connectivity index (χ4n) is 3.77. The van der Waals surface area contributed by atoms with Gasteiger partial charge < -0.3 is 5.11 Å². The first kappa shape index (κ1) is 14.3. The van der Waals surface area contributed by atoms with E-state index in [1.54, 1.807) is 0 Å². The van der Waals surface area contributed by atoms with Crippen LogP contribution >= 0.6 is 0 Å². The van der Waals surface area contributed by atoms with E-state index in [0.29, 0.717) is 0 Å². The monoisotopic (exact) mass is 284 g/mol. The quantitative estimate of drug-likeness (QED) is 0.915. The maximum Gasteiger partial charge on any atom is 0.0640 e. The zero-order valence-corrected chi connectivity index (χ0v) is 12.7. The highest BCUT2D eigenvalue weighted by atomic mass is 16.3. The molecule has 3 heteroatoms. The number of aliphatic hydroxyl groups excluding tert-OH is 1. The largest absolute Gasteiger partial charge is 0.392 e. The van der Waals surface area contributed by atoms with Crippen molar-refractivity contribution in [3.05, 3.63) is 53.9 Å². The Balaban J connectivity index is 1.74. The molecule has 3 nitrogen and oxygen atoms in total. The Labute approximate surface area is 126 Å². The third-order valence-corrected chi connectivity index (χ3v) is 4.95. The lowest BCUT2D eigenvalue weighted by Gasteiger charge is -2.35. The lowest BCUT2D eigenvalue weighted by Crippen LogP contribution is -2.37. The van der Waals surface area contributed by atoms with Crippen molar-refractivity contribution in [1.29, 1.82) is 0 Å². The van der Waals surface area contributed by atoms with Gasteiger partial charge in [0.05, 0.1) is 12.3 Å². The van der Waals surface area contributed by atoms with Gasteiger partial charge >= 0.3 is 0 Å². The highest BCUT2D eigenvalue weighted by molar-refractivity contribution is 5.28. The third kappa shape index (κ3) is 2.88. The van der Waals surface area contributed by atoms with E-state index in [0.717, 1.165) is 25.7 Å². The summed E-state index contributed by atoms with van der Waals surface area (Å²) in [7, 11) is 1.93. The van der Waals surface area contributed by atoms with Gasteiger partial charge in [0.15, 0.2) is 0 Å². The fourth-order valence-corrected chi connectivity index (χ4v) is 3.77. The fraction of sp³-hybridized carbons (Fsp3) is 0.500. The van der Waals surface area contributed by atoms with E-state index in [9.17, 15) is 5.11 Å². The van der Waals surface area contributed by atoms with E-state index in [4.69, 9.17) is 0 Å². The minimum atomic E-state index is -0.275. The van der Waals surface area contributed by atoms with Crippen molar-refractivity contribution in [2.24, 2.45) is 7.05 Å². The van der Waals surface area contributed by atoms with Gasteiger partial charge in [0, 0.05) is 18.7 Å². The Morgan fingerprint density at radius 1 is 1.24 bits per heavy atom. The normalized spacial score (nSPS) is 18.8. The smallest absolute Gasteiger partial charge is 0.0640 e. The molecule has 112 valence electrons. The predicted molar refractivity (Wildman–Crippen MR) is 84.1 cm³/mol. The molecule has 1 aliphatic carbocycles. The maximum absolute atomic E-state index is 10.9. The standard InChI is InChI=1S/C18H24N2O/c1-20-14-15(13-19-20)9-10-17(21)18(11-5-6-12-18)16-7-3-2-4-8-16/h2-4,7-8,13-14,17,21H,5-6,9-12H2,1H3. The van der Waals surface area contributed by atoms with Gasteiger partial charge in [-0.1, -0.05) is 43.2 Å². The summed E-state index contributed by atoms with van der Waals surface area (Å²) in [5, 5.41) is 15.1. The summed E-state index contributed by atoms with van der Waals surface area (Å²) in [4.78, 5) is 0. The van der Waals surface area contributed by atoms with Gasteiger partial charge in [-0.15, -0.1) is 0 Å². The first-order valence-corrected chi connectivity index (χ1v) is 7.92. The van der Waals surface area contributed by atoms with Gasteiger partial charge in [0.2, 0.25) is 0 Å². The van der Waals surface area contributed by atoms with E-state index in [1.165, 1.54) is 24.0 Å². The van der Waals surface area contributed by atoms with Crippen LogP contribution in [0.2, 0.25) is 0 Å². The summed E-state index contributed by atoms with van der Waals surface area (Å²) < 4.78 is 1.82. The number of benzene rings is 1. The Kier molecular flexibility index (Phi) is 4.11. The summed E-state index contributed by atoms with van der Waals surface area (Å²) in [6, 6.07) is 10.6. The molecular formula is C18H24N2O. The Bertz CT molecular complexity index is 570. The molecule has 1 aromatic heterocycles. The summed E-state index contributed by atoms with van der Waals surface area (Å²) in [6.07, 6.45) is 10.0. The van der Waals surface area contributed by atoms with Crippen molar-refractivity contribution in [3.8, 4) is 0 Å². The molecule has 0 aliphatic heterocycles. The molecule has 2 aromatic rings. The molecular weight excluding hydrogens is 260 g/mol. The summed E-state index contributed by atoms with van der Waals surface area (Å²) in [5.41, 5.74) is 2.47. The van der Waals surface area contributed by atoms with E-state index in [-0.39, 0.29) is 11.5 Å². The van der Waals surface area contributed by atoms with Crippen LogP contribution in [0, 0.1) is 0 Å². The predicted octanol–water partition coefficient (Wildman–Crippen LogP) is 3.23. The molecule has 0 spiro atoms. The minimum absolute atomic E-state index is 0.0382. The van der Waals surface area contributed by atoms with Crippen LogP contribution in [0.25, 0.3) is 0 Å². The molecule has 1 saturated carbocycles. The highest BCUT2D eigenvalue weighted by Gasteiger charge is 2.41. The lowest BCUT2D eigenvalue weighted by molar-refractivity contribution is 0.0746. The van der Waals surface area contributed by atoms with Crippen molar-refractivity contribution in [2.45, 2.75) is 50.0 Å². The molecule has 1 aromatic carbocycles. The number of hydrogen-bond acceptors (Lipinski definition) is 2. The number of aliphatic hydroxyl groups is 1. The molecule has 1 N–H and O–H groups in total. The second-order valence-electron chi connectivity index (χ2n) is 6.31. The third-order valence-electron chi connectivity index (χ3n) is 4.95. The van der Waals surface area contributed by atoms with Gasteiger partial charge in [-0.2, -0.15) is 5.10 Å². The Morgan fingerprint density at radius 2 is 1.95 bits per heavy atom. The van der Waals surface area contributed by atoms with Crippen LogP contribution < -0.4 is 0 Å². The van der Waals surface area contributed by atoms with E-state index in [1.807, 2.05) is 30.2 Å². The first-order chi connectivity index (χ1) is 10.2. The van der Waals surface area contributed by atoms with Crippen LogP contribution in [-0.2, 0) is 18.9 Å². The molecule has 1 unspecified atom stereocenters. The molecule has 0 amide bonds. The van der Waals surface area contributed by atoms with Crippen molar-refractivity contribution in [1.82, 2.24) is 9.78 Å². The molecule has 1 fully saturated rings. The van der Waals surface area contributed by atoms with E-state index < -0.39 is 0 Å². The first-order valence-electron chi connectivity index (χ1n) is 7.92. The van der Waals surface area contributed by atoms with Crippen molar-refractivity contribution < 1.29 is 5.11 Å². The van der Waals surface area contributed by atoms with Gasteiger partial charge in [0.25, 0.3) is 0 Å². The molecule has 1 heterocycles. The Hall–Kier alpha value is -1.61. The maximum atomic E-state index is 10.9. The second kappa shape index (κ2) is 6.02. The summed E-state index contributed by atoms with van der Waals surface area (Å²) in [5.74, 6) is 0. The SMILES string of the molecule is Cn1cc(CCC(O)C2(c3ccccc3)CCCC2)cn1. The zero-order chi connectivity index (χ0) is 14.7. The summed E-state index contributed by atoms with van der Waals surface area (Å²) >= 11 is 0. The molecule has 0 saturated heterocycles. The number of aryl methyl sites for hydroxylation is 2. The summed E-state index contributed by atoms with van der Waals surface area (Å²) in [6.45, 7) is 0. The highest BCUT2D eigenvalue weighted by Crippen LogP contribution is 2.44. The number of aromatic nitrogens is 2. The zero-order valence-electron chi connectivity index (χ0n) is 12.7. The number of rotatable bonds is 5. The number of nitrogens with zero attached hydrogens (tertiary/aromatic N) is 2.